The van der Waals surface area contributed by atoms with Gasteiger partial charge in [0.25, 0.3) is 0 Å². The van der Waals surface area contributed by atoms with Crippen molar-refractivity contribution in [3.05, 3.63) is 64.0 Å². The number of hydrogen-bond donors (Lipinski definition) is 0. The van der Waals surface area contributed by atoms with Crippen LogP contribution in [0.1, 0.15) is 57.5 Å². The minimum absolute atomic E-state index is 0.0835. The Hall–Kier alpha value is -3.15. The SMILES string of the molecule is COC(=O)c1cc(CN=[N+]=[N-])cc(N=NN=P(c2ccc(N(C)C)cc2)(C(C)(C)C)C(C)(C)C)c1. The molecule has 0 aliphatic heterocycles. The molecule has 2 aromatic rings. The van der Waals surface area contributed by atoms with Crippen LogP contribution in [0.2, 0.25) is 0 Å². The third kappa shape index (κ3) is 6.30. The first-order valence-electron chi connectivity index (χ1n) is 11.3. The minimum Gasteiger partial charge on any atom is -0.465 e. The third-order valence-corrected chi connectivity index (χ3v) is 11.0. The highest BCUT2D eigenvalue weighted by atomic mass is 31.2. The van der Waals surface area contributed by atoms with Crippen molar-refractivity contribution in [2.45, 2.75) is 58.4 Å². The molecule has 0 aromatic heterocycles. The van der Waals surface area contributed by atoms with E-state index in [-0.39, 0.29) is 16.9 Å². The van der Waals surface area contributed by atoms with Crippen LogP contribution in [0.25, 0.3) is 10.4 Å². The highest BCUT2D eigenvalue weighted by Gasteiger charge is 2.45. The molecule has 0 fully saturated rings. The van der Waals surface area contributed by atoms with Gasteiger partial charge in [0.2, 0.25) is 0 Å². The van der Waals surface area contributed by atoms with Crippen molar-refractivity contribution in [2.24, 2.45) is 20.3 Å². The zero-order valence-electron chi connectivity index (χ0n) is 22.1. The van der Waals surface area contributed by atoms with E-state index in [1.807, 2.05) is 14.1 Å². The Balaban J connectivity index is 2.71. The lowest BCUT2D eigenvalue weighted by atomic mass is 10.1. The average molecular weight is 498 g/mol. The quantitative estimate of drug-likeness (QED) is 0.0986. The van der Waals surface area contributed by atoms with E-state index in [9.17, 15) is 4.79 Å². The molecule has 0 bridgehead atoms. The number of esters is 1. The van der Waals surface area contributed by atoms with Gasteiger partial charge in [0.1, 0.15) is 0 Å². The number of rotatable bonds is 7. The van der Waals surface area contributed by atoms with Gasteiger partial charge in [0.05, 0.1) is 24.9 Å². The van der Waals surface area contributed by atoms with Gasteiger partial charge in [0, 0.05) is 42.1 Å². The van der Waals surface area contributed by atoms with E-state index in [4.69, 9.17) is 15.1 Å². The molecule has 35 heavy (non-hydrogen) atoms. The number of methoxy groups -OCH3 is 1. The Labute approximate surface area is 208 Å². The molecular formula is C25H36N7O2P. The molecule has 0 unspecified atom stereocenters. The summed E-state index contributed by atoms with van der Waals surface area (Å²) in [6, 6.07) is 13.4. The van der Waals surface area contributed by atoms with Crippen molar-refractivity contribution in [2.75, 3.05) is 26.1 Å². The summed E-state index contributed by atoms with van der Waals surface area (Å²) < 4.78 is 4.85. The molecular weight excluding hydrogens is 461 g/mol. The van der Waals surface area contributed by atoms with Crippen LogP contribution in [0.4, 0.5) is 11.4 Å². The molecule has 0 N–H and O–H groups in total. The van der Waals surface area contributed by atoms with Gasteiger partial charge in [-0.2, -0.15) is 0 Å². The Kier molecular flexibility index (Phi) is 8.88. The van der Waals surface area contributed by atoms with Crippen molar-refractivity contribution in [1.82, 2.24) is 0 Å². The molecule has 188 valence electrons. The molecule has 0 atom stereocenters. The first kappa shape index (κ1) is 28.1. The average Bonchev–Trinajstić information content (AvgIpc) is 2.78. The maximum absolute atomic E-state index is 12.1. The predicted molar refractivity (Wildman–Crippen MR) is 144 cm³/mol. The fourth-order valence-corrected chi connectivity index (χ4v) is 9.31. The summed E-state index contributed by atoms with van der Waals surface area (Å²) in [6.07, 6.45) is 0. The maximum Gasteiger partial charge on any atom is 0.337 e. The van der Waals surface area contributed by atoms with Crippen LogP contribution in [-0.2, 0) is 11.3 Å². The molecule has 0 heterocycles. The highest BCUT2D eigenvalue weighted by molar-refractivity contribution is 7.76. The Morgan fingerprint density at radius 1 is 1.03 bits per heavy atom. The molecule has 9 nitrogen and oxygen atoms in total. The van der Waals surface area contributed by atoms with Gasteiger partial charge in [-0.1, -0.05) is 58.8 Å². The van der Waals surface area contributed by atoms with Gasteiger partial charge in [-0.3, -0.25) is 0 Å². The van der Waals surface area contributed by atoms with E-state index in [0.29, 0.717) is 16.8 Å². The second-order valence-corrected chi connectivity index (χ2v) is 15.1. The predicted octanol–water partition coefficient (Wildman–Crippen LogP) is 7.47. The Morgan fingerprint density at radius 3 is 2.11 bits per heavy atom. The molecule has 10 heteroatoms. The molecule has 0 saturated carbocycles. The highest BCUT2D eigenvalue weighted by Crippen LogP contribution is 2.68. The molecule has 2 rings (SSSR count). The van der Waals surface area contributed by atoms with Crippen LogP contribution < -0.4 is 10.2 Å². The second kappa shape index (κ2) is 11.1. The number of hydrogen-bond acceptors (Lipinski definition) is 5. The summed E-state index contributed by atoms with van der Waals surface area (Å²) in [5.41, 5.74) is 11.2. The molecule has 0 amide bonds. The lowest BCUT2D eigenvalue weighted by Crippen LogP contribution is -2.35. The van der Waals surface area contributed by atoms with Gasteiger partial charge in [-0.05, 0) is 52.0 Å². The van der Waals surface area contributed by atoms with Crippen molar-refractivity contribution < 1.29 is 9.53 Å². The number of nitrogens with zero attached hydrogens (tertiary/aromatic N) is 7. The zero-order valence-corrected chi connectivity index (χ0v) is 23.0. The van der Waals surface area contributed by atoms with Crippen molar-refractivity contribution in [1.29, 1.82) is 0 Å². The first-order chi connectivity index (χ1) is 16.3. The normalized spacial score (nSPS) is 12.3. The summed E-state index contributed by atoms with van der Waals surface area (Å²) >= 11 is 0. The van der Waals surface area contributed by atoms with Gasteiger partial charge in [-0.25, -0.2) is 4.79 Å². The van der Waals surface area contributed by atoms with Crippen LogP contribution in [0, 0.1) is 0 Å². The van der Waals surface area contributed by atoms with E-state index in [0.717, 1.165) is 11.0 Å². The van der Waals surface area contributed by atoms with Crippen molar-refractivity contribution >= 4 is 29.7 Å². The lowest BCUT2D eigenvalue weighted by molar-refractivity contribution is 0.0600. The monoisotopic (exact) mass is 497 g/mol. The first-order valence-corrected chi connectivity index (χ1v) is 13.0. The lowest BCUT2D eigenvalue weighted by Gasteiger charge is -2.45. The number of azide groups is 1. The standard InChI is InChI=1S/C25H36N7O2P/c1-24(2,3)35(25(4,5)6,22-12-10-21(11-13-22)32(7)8)31-30-28-20-15-18(17-27-29-26)14-19(16-20)23(33)34-9/h10-16H,17H2,1-9H3. The van der Waals surface area contributed by atoms with Gasteiger partial charge >= 0.3 is 5.97 Å². The maximum atomic E-state index is 12.1. The smallest absolute Gasteiger partial charge is 0.337 e. The largest absolute Gasteiger partial charge is 0.465 e. The molecule has 0 radical (unpaired) electrons. The van der Waals surface area contributed by atoms with Gasteiger partial charge in [-0.15, -0.1) is 9.97 Å². The van der Waals surface area contributed by atoms with Crippen LogP contribution in [0.3, 0.4) is 0 Å². The second-order valence-electron chi connectivity index (χ2n) is 10.4. The number of carbonyl (C=O) groups is 1. The molecule has 0 spiro atoms. The van der Waals surface area contributed by atoms with Crippen LogP contribution in [-0.4, -0.2) is 37.5 Å². The summed E-state index contributed by atoms with van der Waals surface area (Å²) in [6.45, 7) is 13.3. The number of anilines is 1. The Bertz CT molecular complexity index is 1170. The van der Waals surface area contributed by atoms with E-state index in [2.05, 4.69) is 91.1 Å². The molecule has 0 aliphatic carbocycles. The zero-order chi connectivity index (χ0) is 26.4. The van der Waals surface area contributed by atoms with Crippen molar-refractivity contribution in [3.8, 4) is 0 Å². The molecule has 2 aromatic carbocycles. The molecule has 0 saturated heterocycles. The molecule has 0 aliphatic rings. The number of carbonyl (C=O) groups excluding carboxylic acids is 1. The van der Waals surface area contributed by atoms with E-state index in [1.54, 1.807) is 18.2 Å². The number of ether oxygens (including phenoxy) is 1. The fraction of sp³-hybridized carbons (Fsp3) is 0.480. The fourth-order valence-electron chi connectivity index (χ4n) is 4.37. The number of benzene rings is 2. The topological polar surface area (TPSA) is 115 Å². The summed E-state index contributed by atoms with van der Waals surface area (Å²) in [7, 11) is 3.06. The van der Waals surface area contributed by atoms with E-state index < -0.39 is 13.0 Å². The third-order valence-electron chi connectivity index (χ3n) is 5.73. The Morgan fingerprint density at radius 2 is 1.63 bits per heavy atom. The summed E-state index contributed by atoms with van der Waals surface area (Å²) in [4.78, 5) is 22.0. The van der Waals surface area contributed by atoms with Crippen LogP contribution in [0.15, 0.2) is 62.8 Å². The van der Waals surface area contributed by atoms with E-state index >= 15 is 0 Å². The minimum atomic E-state index is -2.28. The summed E-state index contributed by atoms with van der Waals surface area (Å²) in [5.74, 6) is -0.506. The van der Waals surface area contributed by atoms with E-state index in [1.165, 1.54) is 7.11 Å². The van der Waals surface area contributed by atoms with Gasteiger partial charge < -0.3 is 9.64 Å². The van der Waals surface area contributed by atoms with Crippen LogP contribution >= 0.6 is 7.05 Å². The van der Waals surface area contributed by atoms with Gasteiger partial charge in [0.15, 0.2) is 0 Å². The van der Waals surface area contributed by atoms with Crippen LogP contribution in [0.5, 0.6) is 0 Å². The van der Waals surface area contributed by atoms with Crippen molar-refractivity contribution in [3.63, 3.8) is 0 Å². The summed E-state index contributed by atoms with van der Waals surface area (Å²) in [5, 5.41) is 13.1.